The van der Waals surface area contributed by atoms with Crippen LogP contribution >= 0.6 is 11.3 Å². The molecule has 0 spiro atoms. The van der Waals surface area contributed by atoms with Gasteiger partial charge in [0.2, 0.25) is 0 Å². The summed E-state index contributed by atoms with van der Waals surface area (Å²) in [7, 11) is 1.67. The molecule has 0 saturated heterocycles. The molecule has 2 aromatic heterocycles. The molecule has 124 valence electrons. The van der Waals surface area contributed by atoms with Crippen molar-refractivity contribution in [2.45, 2.75) is 24.9 Å². The third-order valence-corrected chi connectivity index (χ3v) is 5.55. The molecule has 3 aromatic rings. The van der Waals surface area contributed by atoms with Gasteiger partial charge in [-0.15, -0.1) is 11.3 Å². The lowest BCUT2D eigenvalue weighted by Crippen LogP contribution is -2.37. The van der Waals surface area contributed by atoms with Gasteiger partial charge in [0, 0.05) is 6.54 Å². The molecule has 2 N–H and O–H groups in total. The molecule has 6 heteroatoms. The number of aliphatic hydroxyl groups is 1. The van der Waals surface area contributed by atoms with E-state index in [1.54, 1.807) is 24.8 Å². The summed E-state index contributed by atoms with van der Waals surface area (Å²) in [5.41, 5.74) is 2.18. The van der Waals surface area contributed by atoms with Crippen molar-refractivity contribution < 1.29 is 9.84 Å². The van der Waals surface area contributed by atoms with Crippen LogP contribution in [-0.4, -0.2) is 28.7 Å². The second kappa shape index (κ2) is 6.03. The van der Waals surface area contributed by atoms with E-state index in [9.17, 15) is 5.11 Å². The number of aromatic nitrogens is 2. The van der Waals surface area contributed by atoms with Crippen LogP contribution in [0.3, 0.4) is 0 Å². The number of benzene rings is 1. The summed E-state index contributed by atoms with van der Waals surface area (Å²) in [5, 5.41) is 16.6. The second-order valence-corrected chi connectivity index (χ2v) is 7.04. The van der Waals surface area contributed by atoms with Crippen molar-refractivity contribution >= 4 is 27.4 Å². The van der Waals surface area contributed by atoms with Crippen LogP contribution in [0.1, 0.15) is 24.0 Å². The fraction of sp³-hybridized carbons (Fsp3) is 0.333. The highest BCUT2D eigenvalue weighted by Crippen LogP contribution is 2.37. The van der Waals surface area contributed by atoms with Crippen LogP contribution in [0.2, 0.25) is 0 Å². The summed E-state index contributed by atoms with van der Waals surface area (Å²) in [5.74, 6) is 1.62. The standard InChI is InChI=1S/C18H19N3O2S/c1-23-13-4-5-14-12(9-13)3-2-7-18(14,22)10-19-17-16-15(6-8-24-16)20-11-21-17/h4-6,8-9,11,22H,2-3,7,10H2,1H3,(H,19,20,21). The Bertz CT molecular complexity index is 880. The van der Waals surface area contributed by atoms with E-state index in [0.717, 1.165) is 52.2 Å². The Labute approximate surface area is 144 Å². The summed E-state index contributed by atoms with van der Waals surface area (Å²) >= 11 is 1.60. The molecule has 1 unspecified atom stereocenters. The molecule has 24 heavy (non-hydrogen) atoms. The summed E-state index contributed by atoms with van der Waals surface area (Å²) < 4.78 is 6.32. The molecule has 2 heterocycles. The molecule has 0 fully saturated rings. The Balaban J connectivity index is 1.62. The molecular formula is C18H19N3O2S. The highest BCUT2D eigenvalue weighted by molar-refractivity contribution is 7.17. The first-order valence-corrected chi connectivity index (χ1v) is 8.89. The maximum Gasteiger partial charge on any atom is 0.147 e. The average Bonchev–Trinajstić information content (AvgIpc) is 3.09. The van der Waals surface area contributed by atoms with Gasteiger partial charge < -0.3 is 15.2 Å². The minimum absolute atomic E-state index is 0.427. The van der Waals surface area contributed by atoms with Crippen LogP contribution < -0.4 is 10.1 Å². The zero-order valence-corrected chi connectivity index (χ0v) is 14.3. The molecule has 1 atom stereocenters. The van der Waals surface area contributed by atoms with Crippen molar-refractivity contribution in [3.63, 3.8) is 0 Å². The van der Waals surface area contributed by atoms with Gasteiger partial charge in [0.15, 0.2) is 0 Å². The molecule has 0 radical (unpaired) electrons. The summed E-state index contributed by atoms with van der Waals surface area (Å²) in [6, 6.07) is 7.90. The number of ether oxygens (including phenoxy) is 1. The normalized spacial score (nSPS) is 19.9. The Morgan fingerprint density at radius 1 is 1.33 bits per heavy atom. The maximum absolute atomic E-state index is 11.2. The first-order valence-electron chi connectivity index (χ1n) is 8.01. The molecule has 0 bridgehead atoms. The van der Waals surface area contributed by atoms with Crippen LogP contribution in [0.15, 0.2) is 36.0 Å². The molecule has 1 aliphatic rings. The van der Waals surface area contributed by atoms with E-state index in [2.05, 4.69) is 15.3 Å². The highest BCUT2D eigenvalue weighted by Gasteiger charge is 2.34. The lowest BCUT2D eigenvalue weighted by Gasteiger charge is -2.35. The average molecular weight is 341 g/mol. The van der Waals surface area contributed by atoms with E-state index in [1.807, 2.05) is 29.6 Å². The van der Waals surface area contributed by atoms with Crippen LogP contribution in [0.25, 0.3) is 10.2 Å². The first-order chi connectivity index (χ1) is 11.7. The van der Waals surface area contributed by atoms with Crippen LogP contribution in [-0.2, 0) is 12.0 Å². The highest BCUT2D eigenvalue weighted by atomic mass is 32.1. The van der Waals surface area contributed by atoms with Gasteiger partial charge in [-0.3, -0.25) is 0 Å². The van der Waals surface area contributed by atoms with Crippen molar-refractivity contribution in [2.75, 3.05) is 19.0 Å². The van der Waals surface area contributed by atoms with Gasteiger partial charge in [-0.25, -0.2) is 9.97 Å². The Morgan fingerprint density at radius 2 is 2.25 bits per heavy atom. The predicted molar refractivity (Wildman–Crippen MR) is 95.7 cm³/mol. The number of nitrogens with one attached hydrogen (secondary N) is 1. The molecule has 5 nitrogen and oxygen atoms in total. The SMILES string of the molecule is COc1ccc2c(c1)CCCC2(O)CNc1ncnc2ccsc12. The fourth-order valence-corrected chi connectivity index (χ4v) is 4.20. The van der Waals surface area contributed by atoms with E-state index < -0.39 is 5.60 Å². The van der Waals surface area contributed by atoms with Crippen molar-refractivity contribution in [3.05, 3.63) is 47.1 Å². The third kappa shape index (κ3) is 2.61. The molecule has 0 amide bonds. The van der Waals surface area contributed by atoms with Crippen molar-refractivity contribution in [2.24, 2.45) is 0 Å². The third-order valence-electron chi connectivity index (χ3n) is 4.64. The number of methoxy groups -OCH3 is 1. The van der Waals surface area contributed by atoms with Crippen LogP contribution in [0, 0.1) is 0 Å². The monoisotopic (exact) mass is 341 g/mol. The molecule has 0 aliphatic heterocycles. The van der Waals surface area contributed by atoms with Gasteiger partial charge in [-0.2, -0.15) is 0 Å². The van der Waals surface area contributed by atoms with Gasteiger partial charge in [0.1, 0.15) is 23.5 Å². The molecule has 1 aliphatic carbocycles. The Morgan fingerprint density at radius 3 is 3.12 bits per heavy atom. The maximum atomic E-state index is 11.2. The van der Waals surface area contributed by atoms with Crippen molar-refractivity contribution in [1.29, 1.82) is 0 Å². The van der Waals surface area contributed by atoms with Crippen molar-refractivity contribution in [3.8, 4) is 5.75 Å². The van der Waals surface area contributed by atoms with E-state index in [1.165, 1.54) is 0 Å². The number of aryl methyl sites for hydroxylation is 1. The van der Waals surface area contributed by atoms with E-state index >= 15 is 0 Å². The number of anilines is 1. The lowest BCUT2D eigenvalue weighted by molar-refractivity contribution is 0.0322. The summed E-state index contributed by atoms with van der Waals surface area (Å²) in [6.07, 6.45) is 4.22. The number of thiophene rings is 1. The lowest BCUT2D eigenvalue weighted by atomic mass is 9.79. The van der Waals surface area contributed by atoms with E-state index in [0.29, 0.717) is 6.54 Å². The van der Waals surface area contributed by atoms with E-state index in [-0.39, 0.29) is 0 Å². The van der Waals surface area contributed by atoms with E-state index in [4.69, 9.17) is 4.74 Å². The number of nitrogens with zero attached hydrogens (tertiary/aromatic N) is 2. The minimum Gasteiger partial charge on any atom is -0.497 e. The predicted octanol–water partition coefficient (Wildman–Crippen LogP) is 3.34. The molecule has 0 saturated carbocycles. The van der Waals surface area contributed by atoms with Crippen molar-refractivity contribution in [1.82, 2.24) is 9.97 Å². The second-order valence-electron chi connectivity index (χ2n) is 6.12. The number of hydrogen-bond donors (Lipinski definition) is 2. The van der Waals surface area contributed by atoms with Gasteiger partial charge >= 0.3 is 0 Å². The summed E-state index contributed by atoms with van der Waals surface area (Å²) in [6.45, 7) is 0.427. The van der Waals surface area contributed by atoms with Gasteiger partial charge in [-0.1, -0.05) is 6.07 Å². The largest absolute Gasteiger partial charge is 0.497 e. The topological polar surface area (TPSA) is 67.3 Å². The van der Waals surface area contributed by atoms with Gasteiger partial charge in [-0.05, 0) is 54.0 Å². The Kier molecular flexibility index (Phi) is 3.86. The Hall–Kier alpha value is -2.18. The zero-order chi connectivity index (χ0) is 16.6. The minimum atomic E-state index is -0.894. The number of hydrogen-bond acceptors (Lipinski definition) is 6. The van der Waals surface area contributed by atoms with Crippen LogP contribution in [0.5, 0.6) is 5.75 Å². The summed E-state index contributed by atoms with van der Waals surface area (Å²) in [4.78, 5) is 8.59. The first kappa shape index (κ1) is 15.4. The number of rotatable bonds is 4. The molecule has 4 rings (SSSR count). The zero-order valence-electron chi connectivity index (χ0n) is 13.5. The van der Waals surface area contributed by atoms with Gasteiger partial charge in [0.25, 0.3) is 0 Å². The molecular weight excluding hydrogens is 322 g/mol. The number of fused-ring (bicyclic) bond motifs is 2. The quantitative estimate of drug-likeness (QED) is 0.762. The molecule has 1 aromatic carbocycles. The van der Waals surface area contributed by atoms with Gasteiger partial charge in [0.05, 0.1) is 17.3 Å². The fourth-order valence-electron chi connectivity index (χ4n) is 3.39. The smallest absolute Gasteiger partial charge is 0.147 e. The van der Waals surface area contributed by atoms with Crippen LogP contribution in [0.4, 0.5) is 5.82 Å².